The van der Waals surface area contributed by atoms with Gasteiger partial charge in [-0.3, -0.25) is 9.88 Å². The minimum absolute atomic E-state index is 0.407. The van der Waals surface area contributed by atoms with Gasteiger partial charge in [0.2, 0.25) is 0 Å². The van der Waals surface area contributed by atoms with Gasteiger partial charge in [-0.2, -0.15) is 0 Å². The quantitative estimate of drug-likeness (QED) is 0.642. The molecule has 0 saturated carbocycles. The molecule has 0 bridgehead atoms. The predicted molar refractivity (Wildman–Crippen MR) is 105 cm³/mol. The summed E-state index contributed by atoms with van der Waals surface area (Å²) in [4.78, 5) is 22.2. The first kappa shape index (κ1) is 19.6. The van der Waals surface area contributed by atoms with Gasteiger partial charge in [0.15, 0.2) is 17.6 Å². The van der Waals surface area contributed by atoms with Crippen LogP contribution in [0.15, 0.2) is 48.7 Å². The van der Waals surface area contributed by atoms with E-state index in [9.17, 15) is 4.79 Å². The van der Waals surface area contributed by atoms with Crippen molar-refractivity contribution in [3.63, 3.8) is 0 Å². The molecule has 28 heavy (non-hydrogen) atoms. The molecular formula is C21H23N3O4. The third-order valence-corrected chi connectivity index (χ3v) is 4.26. The minimum Gasteiger partial charge on any atom is -0.493 e. The third kappa shape index (κ3) is 4.75. The fourth-order valence-corrected chi connectivity index (χ4v) is 2.86. The highest BCUT2D eigenvalue weighted by molar-refractivity contribution is 5.73. The maximum atomic E-state index is 11.0. The lowest BCUT2D eigenvalue weighted by Crippen LogP contribution is -2.23. The normalized spacial score (nSPS) is 12.1. The first-order valence-corrected chi connectivity index (χ1v) is 8.92. The van der Waals surface area contributed by atoms with Gasteiger partial charge in [-0.05, 0) is 43.8 Å². The lowest BCUT2D eigenvalue weighted by Gasteiger charge is -2.18. The van der Waals surface area contributed by atoms with E-state index < -0.39 is 12.1 Å². The zero-order valence-electron chi connectivity index (χ0n) is 16.1. The molecule has 0 aliphatic carbocycles. The number of hydrogen-bond donors (Lipinski definition) is 1. The topological polar surface area (TPSA) is 84.8 Å². The number of hydrogen-bond acceptors (Lipinski definition) is 6. The van der Waals surface area contributed by atoms with Crippen LogP contribution in [-0.4, -0.2) is 46.2 Å². The zero-order valence-corrected chi connectivity index (χ0v) is 16.1. The Balaban J connectivity index is 1.68. The smallest absolute Gasteiger partial charge is 0.344 e. The van der Waals surface area contributed by atoms with Gasteiger partial charge in [0.1, 0.15) is 0 Å². The highest BCUT2D eigenvalue weighted by Crippen LogP contribution is 2.29. The average molecular weight is 381 g/mol. The van der Waals surface area contributed by atoms with Crippen molar-refractivity contribution in [1.29, 1.82) is 0 Å². The first-order valence-electron chi connectivity index (χ1n) is 8.92. The van der Waals surface area contributed by atoms with Gasteiger partial charge in [0.25, 0.3) is 0 Å². The number of ether oxygens (including phenoxy) is 2. The lowest BCUT2D eigenvalue weighted by atomic mass is 10.2. The number of benzene rings is 2. The molecule has 3 aromatic rings. The highest BCUT2D eigenvalue weighted by Gasteiger charge is 2.16. The van der Waals surface area contributed by atoms with E-state index in [1.807, 2.05) is 43.4 Å². The van der Waals surface area contributed by atoms with Crippen molar-refractivity contribution < 1.29 is 19.4 Å². The summed E-state index contributed by atoms with van der Waals surface area (Å²) in [6, 6.07) is 13.3. The molecule has 1 heterocycles. The molecule has 3 rings (SSSR count). The molecule has 0 saturated heterocycles. The SMILES string of the molecule is COc1cc(CN(C)Cc2cnc3ccccc3n2)ccc1O[C@H](C)C(=O)O. The predicted octanol–water partition coefficient (Wildman–Crippen LogP) is 3.12. The molecule has 0 spiro atoms. The molecule has 0 aliphatic heterocycles. The van der Waals surface area contributed by atoms with Crippen molar-refractivity contribution in [3.05, 3.63) is 59.9 Å². The Bertz CT molecular complexity index is 977. The molecule has 0 fully saturated rings. The van der Waals surface area contributed by atoms with Crippen molar-refractivity contribution in [2.45, 2.75) is 26.1 Å². The summed E-state index contributed by atoms with van der Waals surface area (Å²) in [6.45, 7) is 2.79. The third-order valence-electron chi connectivity index (χ3n) is 4.26. The van der Waals surface area contributed by atoms with E-state index in [2.05, 4.69) is 14.9 Å². The molecule has 7 nitrogen and oxygen atoms in total. The van der Waals surface area contributed by atoms with Crippen molar-refractivity contribution in [1.82, 2.24) is 14.9 Å². The number of aromatic nitrogens is 2. The van der Waals surface area contributed by atoms with E-state index in [4.69, 9.17) is 14.6 Å². The number of rotatable bonds is 8. The van der Waals surface area contributed by atoms with Crippen LogP contribution in [-0.2, 0) is 17.9 Å². The maximum absolute atomic E-state index is 11.0. The number of para-hydroxylation sites is 2. The highest BCUT2D eigenvalue weighted by atomic mass is 16.5. The molecule has 2 aromatic carbocycles. The minimum atomic E-state index is -1.03. The fourth-order valence-electron chi connectivity index (χ4n) is 2.86. The second-order valence-electron chi connectivity index (χ2n) is 6.61. The van der Waals surface area contributed by atoms with Gasteiger partial charge in [0, 0.05) is 13.1 Å². The van der Waals surface area contributed by atoms with Crippen LogP contribution in [0.2, 0.25) is 0 Å². The standard InChI is InChI=1S/C21H23N3O4/c1-14(21(25)26)28-19-9-8-15(10-20(19)27-3)12-24(2)13-16-11-22-17-6-4-5-7-18(17)23-16/h4-11,14H,12-13H2,1-3H3,(H,25,26)/t14-/m1/s1. The summed E-state index contributed by atoms with van der Waals surface area (Å²) in [5, 5.41) is 9.00. The number of carboxylic acid groups (broad SMARTS) is 1. The van der Waals surface area contributed by atoms with Crippen LogP contribution >= 0.6 is 0 Å². The summed E-state index contributed by atoms with van der Waals surface area (Å²) >= 11 is 0. The van der Waals surface area contributed by atoms with Crippen molar-refractivity contribution in [3.8, 4) is 11.5 Å². The summed E-state index contributed by atoms with van der Waals surface area (Å²) in [6.07, 6.45) is 0.845. The molecule has 0 aliphatic rings. The van der Waals surface area contributed by atoms with Crippen LogP contribution < -0.4 is 9.47 Å². The zero-order chi connectivity index (χ0) is 20.1. The molecule has 7 heteroatoms. The van der Waals surface area contributed by atoms with Gasteiger partial charge in [0.05, 0.1) is 30.0 Å². The van der Waals surface area contributed by atoms with Crippen LogP contribution in [0, 0.1) is 0 Å². The van der Waals surface area contributed by atoms with E-state index in [0.29, 0.717) is 24.6 Å². The molecule has 1 aromatic heterocycles. The van der Waals surface area contributed by atoms with E-state index in [0.717, 1.165) is 22.3 Å². The fraction of sp³-hybridized carbons (Fsp3) is 0.286. The molecular weight excluding hydrogens is 358 g/mol. The Morgan fingerprint density at radius 2 is 1.89 bits per heavy atom. The van der Waals surface area contributed by atoms with Gasteiger partial charge in [-0.25, -0.2) is 9.78 Å². The molecule has 0 amide bonds. The molecule has 146 valence electrons. The average Bonchev–Trinajstić information content (AvgIpc) is 2.68. The van der Waals surface area contributed by atoms with Crippen LogP contribution in [0.1, 0.15) is 18.2 Å². The molecule has 0 unspecified atom stereocenters. The Kier molecular flexibility index (Phi) is 6.06. The van der Waals surface area contributed by atoms with Crippen LogP contribution in [0.25, 0.3) is 11.0 Å². The van der Waals surface area contributed by atoms with Crippen molar-refractivity contribution in [2.24, 2.45) is 0 Å². The number of methoxy groups -OCH3 is 1. The summed E-state index contributed by atoms with van der Waals surface area (Å²) in [5.41, 5.74) is 3.67. The largest absolute Gasteiger partial charge is 0.493 e. The summed E-state index contributed by atoms with van der Waals surface area (Å²) in [5.74, 6) is -0.115. The van der Waals surface area contributed by atoms with Gasteiger partial charge < -0.3 is 14.6 Å². The monoisotopic (exact) mass is 381 g/mol. The second kappa shape index (κ2) is 8.67. The Labute approximate surface area is 163 Å². The maximum Gasteiger partial charge on any atom is 0.344 e. The van der Waals surface area contributed by atoms with Gasteiger partial charge in [-0.1, -0.05) is 18.2 Å². The van der Waals surface area contributed by atoms with Crippen LogP contribution in [0.5, 0.6) is 11.5 Å². The van der Waals surface area contributed by atoms with E-state index in [1.54, 1.807) is 12.3 Å². The number of carbonyl (C=O) groups is 1. The van der Waals surface area contributed by atoms with E-state index in [-0.39, 0.29) is 0 Å². The Hall–Kier alpha value is -3.19. The number of carboxylic acids is 1. The molecule has 1 atom stereocenters. The number of fused-ring (bicyclic) bond motifs is 1. The van der Waals surface area contributed by atoms with Gasteiger partial charge >= 0.3 is 5.97 Å². The Morgan fingerprint density at radius 3 is 2.61 bits per heavy atom. The van der Waals surface area contributed by atoms with Crippen LogP contribution in [0.3, 0.4) is 0 Å². The summed E-state index contributed by atoms with van der Waals surface area (Å²) < 4.78 is 10.8. The van der Waals surface area contributed by atoms with Crippen LogP contribution in [0.4, 0.5) is 0 Å². The number of nitrogens with zero attached hydrogens (tertiary/aromatic N) is 3. The lowest BCUT2D eigenvalue weighted by molar-refractivity contribution is -0.144. The number of aliphatic carboxylic acids is 1. The van der Waals surface area contributed by atoms with E-state index >= 15 is 0 Å². The first-order chi connectivity index (χ1) is 13.5. The summed E-state index contributed by atoms with van der Waals surface area (Å²) in [7, 11) is 3.53. The molecule has 1 N–H and O–H groups in total. The van der Waals surface area contributed by atoms with E-state index in [1.165, 1.54) is 14.0 Å². The van der Waals surface area contributed by atoms with Crippen molar-refractivity contribution in [2.75, 3.05) is 14.2 Å². The van der Waals surface area contributed by atoms with Gasteiger partial charge in [-0.15, -0.1) is 0 Å². The second-order valence-corrected chi connectivity index (χ2v) is 6.61. The Morgan fingerprint density at radius 1 is 1.14 bits per heavy atom. The molecule has 0 radical (unpaired) electrons. The van der Waals surface area contributed by atoms with Crippen molar-refractivity contribution >= 4 is 17.0 Å².